The summed E-state index contributed by atoms with van der Waals surface area (Å²) in [6, 6.07) is 43.4. The van der Waals surface area contributed by atoms with Gasteiger partial charge < -0.3 is 4.74 Å². The lowest BCUT2D eigenvalue weighted by molar-refractivity contribution is 0.304. The van der Waals surface area contributed by atoms with Gasteiger partial charge in [0.2, 0.25) is 0 Å². The maximum absolute atomic E-state index is 5.81. The molecule has 0 radical (unpaired) electrons. The molecule has 0 atom stereocenters. The van der Waals surface area contributed by atoms with Crippen LogP contribution < -0.4 is 4.74 Å². The molecule has 0 saturated heterocycles. The fraction of sp³-hybridized carbons (Fsp3) is 0.294. The zero-order chi connectivity index (χ0) is 24.0. The number of hydrogen-bond donors (Lipinski definition) is 0. The fourth-order valence-electron chi connectivity index (χ4n) is 5.18. The van der Waals surface area contributed by atoms with Crippen LogP contribution in [0.25, 0.3) is 0 Å². The standard InChI is InChI=1S/C34H38O/c1(3-5-19-29-35-33-26-16-9-17-27-33)2-4-18-28-34(30-20-10-6-11-21-30,31-22-12-7-13-23-31)32-24-14-8-15-25-32/h6-17,20-27H,1-5,18-19,28-29H2. The van der Waals surface area contributed by atoms with E-state index in [1.54, 1.807) is 0 Å². The number of benzene rings is 4. The molecular formula is C34H38O. The topological polar surface area (TPSA) is 9.23 Å². The smallest absolute Gasteiger partial charge is 0.119 e. The third-order valence-corrected chi connectivity index (χ3v) is 7.01. The summed E-state index contributed by atoms with van der Waals surface area (Å²) in [6.07, 6.45) is 9.89. The number of unbranched alkanes of at least 4 members (excludes halogenated alkanes) is 6. The molecule has 4 rings (SSSR count). The van der Waals surface area contributed by atoms with Crippen LogP contribution in [0.1, 0.15) is 68.1 Å². The van der Waals surface area contributed by atoms with Crippen LogP contribution in [0.3, 0.4) is 0 Å². The van der Waals surface area contributed by atoms with Gasteiger partial charge in [0.1, 0.15) is 5.75 Å². The molecular weight excluding hydrogens is 424 g/mol. The van der Waals surface area contributed by atoms with Gasteiger partial charge in [-0.1, -0.05) is 148 Å². The maximum Gasteiger partial charge on any atom is 0.119 e. The molecule has 0 unspecified atom stereocenters. The van der Waals surface area contributed by atoms with Crippen LogP contribution in [0.2, 0.25) is 0 Å². The average molecular weight is 463 g/mol. The second kappa shape index (κ2) is 13.5. The summed E-state index contributed by atoms with van der Waals surface area (Å²) in [7, 11) is 0. The Hall–Kier alpha value is -3.32. The molecule has 0 spiro atoms. The molecule has 0 fully saturated rings. The predicted molar refractivity (Wildman–Crippen MR) is 148 cm³/mol. The molecule has 4 aromatic carbocycles. The van der Waals surface area contributed by atoms with Gasteiger partial charge in [0, 0.05) is 5.41 Å². The van der Waals surface area contributed by atoms with Gasteiger partial charge in [0.15, 0.2) is 0 Å². The number of para-hydroxylation sites is 1. The van der Waals surface area contributed by atoms with Gasteiger partial charge in [0.05, 0.1) is 6.61 Å². The van der Waals surface area contributed by atoms with Gasteiger partial charge in [0.25, 0.3) is 0 Å². The van der Waals surface area contributed by atoms with Crippen LogP contribution >= 0.6 is 0 Å². The third kappa shape index (κ3) is 6.85. The molecule has 0 aliphatic heterocycles. The zero-order valence-corrected chi connectivity index (χ0v) is 20.8. The lowest BCUT2D eigenvalue weighted by atomic mass is 9.66. The highest BCUT2D eigenvalue weighted by Crippen LogP contribution is 2.43. The number of hydrogen-bond acceptors (Lipinski definition) is 1. The van der Waals surface area contributed by atoms with E-state index in [2.05, 4.69) is 91.0 Å². The van der Waals surface area contributed by atoms with Crippen LogP contribution in [0, 0.1) is 0 Å². The van der Waals surface area contributed by atoms with E-state index < -0.39 is 0 Å². The Kier molecular flexibility index (Phi) is 9.59. The lowest BCUT2D eigenvalue weighted by Gasteiger charge is -2.36. The molecule has 0 aliphatic carbocycles. The van der Waals surface area contributed by atoms with E-state index in [0.29, 0.717) is 0 Å². The Morgan fingerprint density at radius 2 is 0.771 bits per heavy atom. The van der Waals surface area contributed by atoms with Crippen molar-refractivity contribution in [2.75, 3.05) is 6.61 Å². The first-order valence-electron chi connectivity index (χ1n) is 13.2. The van der Waals surface area contributed by atoms with Crippen LogP contribution in [0.15, 0.2) is 121 Å². The summed E-state index contributed by atoms with van der Waals surface area (Å²) in [6.45, 7) is 0.817. The minimum atomic E-state index is -0.113. The highest BCUT2D eigenvalue weighted by molar-refractivity contribution is 5.50. The van der Waals surface area contributed by atoms with E-state index in [4.69, 9.17) is 4.74 Å². The molecule has 1 heteroatoms. The van der Waals surface area contributed by atoms with Crippen molar-refractivity contribution in [2.24, 2.45) is 0 Å². The SMILES string of the molecule is c1ccc(OCCCCCCCCCC(c2ccccc2)(c2ccccc2)c2ccccc2)cc1. The normalized spacial score (nSPS) is 11.3. The largest absolute Gasteiger partial charge is 0.494 e. The molecule has 4 aromatic rings. The van der Waals surface area contributed by atoms with E-state index in [-0.39, 0.29) is 5.41 Å². The van der Waals surface area contributed by atoms with Crippen LogP contribution in [-0.4, -0.2) is 6.61 Å². The minimum Gasteiger partial charge on any atom is -0.494 e. The summed E-state index contributed by atoms with van der Waals surface area (Å²) < 4.78 is 5.81. The molecule has 1 nitrogen and oxygen atoms in total. The summed E-state index contributed by atoms with van der Waals surface area (Å²) in [4.78, 5) is 0. The summed E-state index contributed by atoms with van der Waals surface area (Å²) in [5.41, 5.74) is 4.04. The van der Waals surface area contributed by atoms with Gasteiger partial charge in [-0.25, -0.2) is 0 Å². The summed E-state index contributed by atoms with van der Waals surface area (Å²) in [5.74, 6) is 0.978. The lowest BCUT2D eigenvalue weighted by Crippen LogP contribution is -2.29. The van der Waals surface area contributed by atoms with E-state index in [1.807, 2.05) is 30.3 Å². The molecule has 0 aromatic heterocycles. The molecule has 0 heterocycles. The quantitative estimate of drug-likeness (QED) is 0.134. The van der Waals surface area contributed by atoms with E-state index in [1.165, 1.54) is 55.2 Å². The van der Waals surface area contributed by atoms with Crippen molar-refractivity contribution in [1.82, 2.24) is 0 Å². The predicted octanol–water partition coefficient (Wildman–Crippen LogP) is 9.22. The Balaban J connectivity index is 1.31. The summed E-state index contributed by atoms with van der Waals surface area (Å²) in [5, 5.41) is 0. The maximum atomic E-state index is 5.81. The molecule has 0 amide bonds. The van der Waals surface area contributed by atoms with Crippen molar-refractivity contribution in [1.29, 1.82) is 0 Å². The van der Waals surface area contributed by atoms with Gasteiger partial charge >= 0.3 is 0 Å². The monoisotopic (exact) mass is 462 g/mol. The van der Waals surface area contributed by atoms with E-state index >= 15 is 0 Å². The van der Waals surface area contributed by atoms with Crippen LogP contribution in [-0.2, 0) is 5.41 Å². The minimum absolute atomic E-state index is 0.113. The first-order valence-corrected chi connectivity index (χ1v) is 13.2. The van der Waals surface area contributed by atoms with E-state index in [0.717, 1.165) is 25.2 Å². The van der Waals surface area contributed by atoms with Crippen LogP contribution in [0.4, 0.5) is 0 Å². The second-order valence-corrected chi connectivity index (χ2v) is 9.39. The van der Waals surface area contributed by atoms with Crippen LogP contribution in [0.5, 0.6) is 5.75 Å². The summed E-state index contributed by atoms with van der Waals surface area (Å²) >= 11 is 0. The number of rotatable bonds is 14. The van der Waals surface area contributed by atoms with Gasteiger partial charge in [-0.15, -0.1) is 0 Å². The molecule has 0 N–H and O–H groups in total. The first kappa shape index (κ1) is 24.8. The van der Waals surface area contributed by atoms with Crippen molar-refractivity contribution in [3.05, 3.63) is 138 Å². The average Bonchev–Trinajstić information content (AvgIpc) is 2.94. The van der Waals surface area contributed by atoms with Crippen molar-refractivity contribution in [2.45, 2.75) is 56.8 Å². The number of ether oxygens (including phenoxy) is 1. The highest BCUT2D eigenvalue weighted by Gasteiger charge is 2.35. The Morgan fingerprint density at radius 1 is 0.400 bits per heavy atom. The first-order chi connectivity index (χ1) is 17.4. The Morgan fingerprint density at radius 3 is 1.23 bits per heavy atom. The van der Waals surface area contributed by atoms with Crippen molar-refractivity contribution in [3.8, 4) is 5.75 Å². The highest BCUT2D eigenvalue weighted by atomic mass is 16.5. The zero-order valence-electron chi connectivity index (χ0n) is 20.8. The molecule has 0 saturated carbocycles. The Bertz CT molecular complexity index is 978. The van der Waals surface area contributed by atoms with Crippen molar-refractivity contribution >= 4 is 0 Å². The van der Waals surface area contributed by atoms with Crippen molar-refractivity contribution in [3.63, 3.8) is 0 Å². The van der Waals surface area contributed by atoms with Gasteiger partial charge in [-0.2, -0.15) is 0 Å². The van der Waals surface area contributed by atoms with E-state index in [9.17, 15) is 0 Å². The Labute approximate surface area is 211 Å². The molecule has 0 bridgehead atoms. The molecule has 180 valence electrons. The fourth-order valence-corrected chi connectivity index (χ4v) is 5.18. The molecule has 35 heavy (non-hydrogen) atoms. The van der Waals surface area contributed by atoms with Gasteiger partial charge in [-0.05, 0) is 41.7 Å². The second-order valence-electron chi connectivity index (χ2n) is 9.39. The van der Waals surface area contributed by atoms with Gasteiger partial charge in [-0.3, -0.25) is 0 Å². The van der Waals surface area contributed by atoms with Crippen molar-refractivity contribution < 1.29 is 4.74 Å². The third-order valence-electron chi connectivity index (χ3n) is 7.01. The molecule has 0 aliphatic rings.